The first-order valence-electron chi connectivity index (χ1n) is 5.97. The van der Waals surface area contributed by atoms with E-state index in [1.54, 1.807) is 0 Å². The van der Waals surface area contributed by atoms with Crippen LogP contribution in [0.4, 0.5) is 0 Å². The summed E-state index contributed by atoms with van der Waals surface area (Å²) in [7, 11) is 0. The van der Waals surface area contributed by atoms with E-state index in [0.29, 0.717) is 0 Å². The highest BCUT2D eigenvalue weighted by atomic mass is 16.3. The fourth-order valence-corrected chi connectivity index (χ4v) is 2.58. The zero-order chi connectivity index (χ0) is 10.7. The van der Waals surface area contributed by atoms with Crippen LogP contribution < -0.4 is 5.32 Å². The van der Waals surface area contributed by atoms with Crippen LogP contribution in [0.15, 0.2) is 0 Å². The minimum Gasteiger partial charge on any atom is -0.394 e. The monoisotopic (exact) mass is 212 g/mol. The van der Waals surface area contributed by atoms with E-state index in [1.165, 1.54) is 6.42 Å². The summed E-state index contributed by atoms with van der Waals surface area (Å²) in [6.07, 6.45) is 5.25. The van der Waals surface area contributed by atoms with Crippen LogP contribution in [-0.2, 0) is 4.79 Å². The van der Waals surface area contributed by atoms with Gasteiger partial charge in [-0.3, -0.25) is 4.79 Å². The van der Waals surface area contributed by atoms with Crippen molar-refractivity contribution < 1.29 is 9.90 Å². The van der Waals surface area contributed by atoms with Crippen molar-refractivity contribution in [3.63, 3.8) is 0 Å². The standard InChI is InChI=1S/C11H20N2O2/c14-8-9-4-3-7-13(9)11(15)10-5-1-2-6-12-10/h9-10,12,14H,1-8H2/t9-,10-/m0/s1. The van der Waals surface area contributed by atoms with E-state index >= 15 is 0 Å². The van der Waals surface area contributed by atoms with Crippen LogP contribution >= 0.6 is 0 Å². The summed E-state index contributed by atoms with van der Waals surface area (Å²) in [5.41, 5.74) is 0. The second-order valence-electron chi connectivity index (χ2n) is 4.51. The lowest BCUT2D eigenvalue weighted by molar-refractivity contribution is -0.135. The molecule has 2 saturated heterocycles. The molecular formula is C11H20N2O2. The van der Waals surface area contributed by atoms with Crippen molar-refractivity contribution in [1.82, 2.24) is 10.2 Å². The summed E-state index contributed by atoms with van der Waals surface area (Å²) in [6, 6.07) is 0.0760. The molecule has 4 heteroatoms. The maximum atomic E-state index is 12.1. The minimum atomic E-state index is 0.00546. The van der Waals surface area contributed by atoms with Gasteiger partial charge in [-0.25, -0.2) is 0 Å². The third-order valence-corrected chi connectivity index (χ3v) is 3.48. The summed E-state index contributed by atoms with van der Waals surface area (Å²) in [5.74, 6) is 0.200. The van der Waals surface area contributed by atoms with Gasteiger partial charge in [-0.05, 0) is 32.2 Å². The number of aliphatic hydroxyl groups is 1. The smallest absolute Gasteiger partial charge is 0.240 e. The van der Waals surface area contributed by atoms with Gasteiger partial charge in [0.05, 0.1) is 18.7 Å². The molecule has 0 bridgehead atoms. The molecule has 2 aliphatic heterocycles. The minimum absolute atomic E-state index is 0.00546. The van der Waals surface area contributed by atoms with Gasteiger partial charge in [-0.2, -0.15) is 0 Å². The number of aliphatic hydroxyl groups excluding tert-OH is 1. The molecular weight excluding hydrogens is 192 g/mol. The quantitative estimate of drug-likeness (QED) is 0.683. The highest BCUT2D eigenvalue weighted by Gasteiger charge is 2.32. The van der Waals surface area contributed by atoms with Crippen molar-refractivity contribution in [3.05, 3.63) is 0 Å². The molecule has 1 amide bonds. The molecule has 2 heterocycles. The highest BCUT2D eigenvalue weighted by molar-refractivity contribution is 5.82. The number of carbonyl (C=O) groups excluding carboxylic acids is 1. The predicted molar refractivity (Wildman–Crippen MR) is 57.5 cm³/mol. The van der Waals surface area contributed by atoms with Gasteiger partial charge in [0.25, 0.3) is 0 Å². The van der Waals surface area contributed by atoms with Crippen molar-refractivity contribution in [2.75, 3.05) is 19.7 Å². The highest BCUT2D eigenvalue weighted by Crippen LogP contribution is 2.19. The van der Waals surface area contributed by atoms with Crippen molar-refractivity contribution in [3.8, 4) is 0 Å². The van der Waals surface area contributed by atoms with Crippen LogP contribution in [0.3, 0.4) is 0 Å². The summed E-state index contributed by atoms with van der Waals surface area (Å²) in [5, 5.41) is 12.4. The van der Waals surface area contributed by atoms with Crippen LogP contribution in [0.2, 0.25) is 0 Å². The van der Waals surface area contributed by atoms with E-state index in [2.05, 4.69) is 5.32 Å². The maximum Gasteiger partial charge on any atom is 0.240 e. The fourth-order valence-electron chi connectivity index (χ4n) is 2.58. The molecule has 0 aromatic heterocycles. The van der Waals surface area contributed by atoms with E-state index in [0.717, 1.165) is 38.8 Å². The lowest BCUT2D eigenvalue weighted by Gasteiger charge is -2.30. The Morgan fingerprint density at radius 3 is 2.87 bits per heavy atom. The Morgan fingerprint density at radius 1 is 1.33 bits per heavy atom. The second-order valence-corrected chi connectivity index (χ2v) is 4.51. The summed E-state index contributed by atoms with van der Waals surface area (Å²) < 4.78 is 0. The van der Waals surface area contributed by atoms with E-state index < -0.39 is 0 Å². The van der Waals surface area contributed by atoms with E-state index in [4.69, 9.17) is 5.11 Å². The normalized spacial score (nSPS) is 31.9. The largest absolute Gasteiger partial charge is 0.394 e. The first-order valence-corrected chi connectivity index (χ1v) is 5.97. The Bertz CT molecular complexity index is 227. The first kappa shape index (κ1) is 10.9. The van der Waals surface area contributed by atoms with Crippen LogP contribution in [0, 0.1) is 0 Å². The zero-order valence-corrected chi connectivity index (χ0v) is 9.11. The molecule has 2 N–H and O–H groups in total. The van der Waals surface area contributed by atoms with Gasteiger partial charge in [-0.15, -0.1) is 0 Å². The summed E-state index contributed by atoms with van der Waals surface area (Å²) in [6.45, 7) is 1.88. The molecule has 0 saturated carbocycles. The van der Waals surface area contributed by atoms with E-state index in [1.807, 2.05) is 4.90 Å². The summed E-state index contributed by atoms with van der Waals surface area (Å²) in [4.78, 5) is 14.0. The summed E-state index contributed by atoms with van der Waals surface area (Å²) >= 11 is 0. The maximum absolute atomic E-state index is 12.1. The topological polar surface area (TPSA) is 52.6 Å². The Morgan fingerprint density at radius 2 is 2.20 bits per heavy atom. The number of nitrogens with one attached hydrogen (secondary N) is 1. The second kappa shape index (κ2) is 4.94. The van der Waals surface area contributed by atoms with Crippen molar-refractivity contribution in [2.24, 2.45) is 0 Å². The number of hydrogen-bond donors (Lipinski definition) is 2. The van der Waals surface area contributed by atoms with Crippen molar-refractivity contribution >= 4 is 5.91 Å². The number of hydrogen-bond acceptors (Lipinski definition) is 3. The average molecular weight is 212 g/mol. The van der Waals surface area contributed by atoms with E-state index in [-0.39, 0.29) is 24.6 Å². The van der Waals surface area contributed by atoms with Gasteiger partial charge >= 0.3 is 0 Å². The average Bonchev–Trinajstić information content (AvgIpc) is 2.77. The third kappa shape index (κ3) is 2.32. The molecule has 0 spiro atoms. The molecule has 2 atom stereocenters. The molecule has 0 aromatic carbocycles. The predicted octanol–water partition coefficient (Wildman–Crippen LogP) is 0.112. The van der Waals surface area contributed by atoms with Crippen molar-refractivity contribution in [1.29, 1.82) is 0 Å². The number of piperidine rings is 1. The SMILES string of the molecule is O=C([C@@H]1CCCCN1)N1CCC[C@H]1CO. The molecule has 0 radical (unpaired) electrons. The van der Waals surface area contributed by atoms with Gasteiger partial charge in [0.15, 0.2) is 0 Å². The molecule has 86 valence electrons. The molecule has 2 fully saturated rings. The van der Waals surface area contributed by atoms with Gasteiger partial charge in [0, 0.05) is 6.54 Å². The number of rotatable bonds is 2. The molecule has 0 unspecified atom stereocenters. The lowest BCUT2D eigenvalue weighted by Crippen LogP contribution is -2.50. The number of amides is 1. The van der Waals surface area contributed by atoms with Crippen LogP contribution in [0.5, 0.6) is 0 Å². The number of nitrogens with zero attached hydrogens (tertiary/aromatic N) is 1. The molecule has 2 aliphatic rings. The lowest BCUT2D eigenvalue weighted by atomic mass is 10.0. The Kier molecular flexibility index (Phi) is 3.59. The van der Waals surface area contributed by atoms with E-state index in [9.17, 15) is 4.79 Å². The molecule has 4 nitrogen and oxygen atoms in total. The van der Waals surface area contributed by atoms with Crippen molar-refractivity contribution in [2.45, 2.75) is 44.2 Å². The van der Waals surface area contributed by atoms with Gasteiger partial charge in [0.1, 0.15) is 0 Å². The Hall–Kier alpha value is -0.610. The van der Waals surface area contributed by atoms with Gasteiger partial charge in [-0.1, -0.05) is 6.42 Å². The third-order valence-electron chi connectivity index (χ3n) is 3.48. The first-order chi connectivity index (χ1) is 7.33. The Labute approximate surface area is 90.6 Å². The van der Waals surface area contributed by atoms with Gasteiger partial charge in [0.2, 0.25) is 5.91 Å². The fraction of sp³-hybridized carbons (Fsp3) is 0.909. The molecule has 2 rings (SSSR count). The van der Waals surface area contributed by atoms with Crippen LogP contribution in [0.1, 0.15) is 32.1 Å². The van der Waals surface area contributed by atoms with Gasteiger partial charge < -0.3 is 15.3 Å². The molecule has 0 aromatic rings. The molecule has 0 aliphatic carbocycles. The van der Waals surface area contributed by atoms with Crippen LogP contribution in [-0.4, -0.2) is 47.7 Å². The van der Waals surface area contributed by atoms with Crippen LogP contribution in [0.25, 0.3) is 0 Å². The molecule has 15 heavy (non-hydrogen) atoms. The zero-order valence-electron chi connectivity index (χ0n) is 9.11. The number of carbonyl (C=O) groups is 1. The Balaban J connectivity index is 1.93. The number of likely N-dealkylation sites (tertiary alicyclic amines) is 1.